The summed E-state index contributed by atoms with van der Waals surface area (Å²) in [6, 6.07) is 6.71. The molecule has 2 aliphatic rings. The van der Waals surface area contributed by atoms with Crippen LogP contribution in [0.3, 0.4) is 0 Å². The van der Waals surface area contributed by atoms with Crippen molar-refractivity contribution in [3.63, 3.8) is 0 Å². The second-order valence-corrected chi connectivity index (χ2v) is 6.33. The van der Waals surface area contributed by atoms with Gasteiger partial charge in [0, 0.05) is 11.8 Å². The van der Waals surface area contributed by atoms with Crippen LogP contribution in [0.15, 0.2) is 18.2 Å². The summed E-state index contributed by atoms with van der Waals surface area (Å²) in [5.41, 5.74) is 2.86. The molecule has 1 nitrogen and oxygen atoms in total. The molecule has 2 unspecified atom stereocenters. The van der Waals surface area contributed by atoms with Gasteiger partial charge in [-0.05, 0) is 48.8 Å². The highest BCUT2D eigenvalue weighted by Crippen LogP contribution is 2.32. The third kappa shape index (κ3) is 2.83. The molecule has 2 atom stereocenters. The molecule has 1 heterocycles. The molecular weight excluding hydrogens is 244 g/mol. The zero-order chi connectivity index (χ0) is 12.4. The molecule has 0 aromatic heterocycles. The molecule has 3 rings (SSSR count). The number of hydrogen-bond acceptors (Lipinski definition) is 1. The quantitative estimate of drug-likeness (QED) is 0.738. The van der Waals surface area contributed by atoms with Gasteiger partial charge >= 0.3 is 0 Å². The molecule has 0 bridgehead atoms. The molecular formula is C16H21ClO. The highest BCUT2D eigenvalue weighted by atomic mass is 35.5. The van der Waals surface area contributed by atoms with Gasteiger partial charge in [-0.25, -0.2) is 0 Å². The van der Waals surface area contributed by atoms with E-state index >= 15 is 0 Å². The van der Waals surface area contributed by atoms with Gasteiger partial charge in [0.05, 0.1) is 6.61 Å². The predicted octanol–water partition coefficient (Wildman–Crippen LogP) is 4.35. The monoisotopic (exact) mass is 264 g/mol. The minimum absolute atomic E-state index is 0.428. The number of ether oxygens (including phenoxy) is 1. The second-order valence-electron chi connectivity index (χ2n) is 5.71. The molecule has 1 aliphatic carbocycles. The summed E-state index contributed by atoms with van der Waals surface area (Å²) in [6.45, 7) is 0.856. The molecule has 1 saturated carbocycles. The van der Waals surface area contributed by atoms with Crippen LogP contribution in [0.25, 0.3) is 0 Å². The fraction of sp³-hybridized carbons (Fsp3) is 0.625. The minimum atomic E-state index is 0.428. The summed E-state index contributed by atoms with van der Waals surface area (Å²) in [7, 11) is 0. The molecule has 0 spiro atoms. The fourth-order valence-electron chi connectivity index (χ4n) is 3.25. The third-order valence-electron chi connectivity index (χ3n) is 4.31. The topological polar surface area (TPSA) is 9.23 Å². The largest absolute Gasteiger partial charge is 0.493 e. The molecule has 1 aromatic carbocycles. The number of aryl methyl sites for hydroxylation is 1. The summed E-state index contributed by atoms with van der Waals surface area (Å²) in [6.07, 6.45) is 8.69. The van der Waals surface area contributed by atoms with Crippen molar-refractivity contribution >= 4 is 11.6 Å². The average molecular weight is 265 g/mol. The predicted molar refractivity (Wildman–Crippen MR) is 75.6 cm³/mol. The van der Waals surface area contributed by atoms with Crippen LogP contribution < -0.4 is 4.74 Å². The van der Waals surface area contributed by atoms with Gasteiger partial charge in [0.15, 0.2) is 0 Å². The Kier molecular flexibility index (Phi) is 3.79. The summed E-state index contributed by atoms with van der Waals surface area (Å²) >= 11 is 6.25. The maximum absolute atomic E-state index is 6.25. The van der Waals surface area contributed by atoms with E-state index in [1.165, 1.54) is 49.7 Å². The molecule has 1 aliphatic heterocycles. The van der Waals surface area contributed by atoms with E-state index in [0.717, 1.165) is 24.7 Å². The molecule has 0 N–H and O–H groups in total. The van der Waals surface area contributed by atoms with Gasteiger partial charge in [-0.3, -0.25) is 0 Å². The summed E-state index contributed by atoms with van der Waals surface area (Å²) in [5.74, 6) is 1.93. The van der Waals surface area contributed by atoms with E-state index < -0.39 is 0 Å². The van der Waals surface area contributed by atoms with E-state index in [2.05, 4.69) is 18.2 Å². The number of rotatable bonds is 3. The number of halogens is 1. The maximum Gasteiger partial charge on any atom is 0.122 e. The Bertz CT molecular complexity index is 416. The van der Waals surface area contributed by atoms with Crippen molar-refractivity contribution in [3.8, 4) is 5.75 Å². The zero-order valence-corrected chi connectivity index (χ0v) is 11.6. The van der Waals surface area contributed by atoms with Gasteiger partial charge in [0.1, 0.15) is 5.75 Å². The van der Waals surface area contributed by atoms with Crippen LogP contribution in [0.4, 0.5) is 0 Å². The zero-order valence-electron chi connectivity index (χ0n) is 10.8. The summed E-state index contributed by atoms with van der Waals surface area (Å²) < 4.78 is 5.54. The van der Waals surface area contributed by atoms with E-state index in [1.807, 2.05) is 0 Å². The molecule has 98 valence electrons. The van der Waals surface area contributed by atoms with Crippen molar-refractivity contribution in [2.24, 2.45) is 5.92 Å². The molecule has 0 radical (unpaired) electrons. The van der Waals surface area contributed by atoms with Crippen molar-refractivity contribution in [1.29, 1.82) is 0 Å². The Morgan fingerprint density at radius 3 is 3.11 bits per heavy atom. The SMILES string of the molecule is ClC1CCCC(CCc2ccc3c(c2)CCO3)C1. The Morgan fingerprint density at radius 1 is 1.28 bits per heavy atom. The van der Waals surface area contributed by atoms with Crippen LogP contribution in [-0.4, -0.2) is 12.0 Å². The highest BCUT2D eigenvalue weighted by Gasteiger charge is 2.20. The Hall–Kier alpha value is -0.690. The van der Waals surface area contributed by atoms with Crippen LogP contribution in [0.2, 0.25) is 0 Å². The van der Waals surface area contributed by atoms with Gasteiger partial charge in [-0.15, -0.1) is 11.6 Å². The first-order valence-electron chi connectivity index (χ1n) is 7.20. The second kappa shape index (κ2) is 5.52. The Balaban J connectivity index is 1.56. The Morgan fingerprint density at radius 2 is 2.22 bits per heavy atom. The van der Waals surface area contributed by atoms with Gasteiger partial charge < -0.3 is 4.74 Å². The number of benzene rings is 1. The molecule has 1 aromatic rings. The summed E-state index contributed by atoms with van der Waals surface area (Å²) in [4.78, 5) is 0. The lowest BCUT2D eigenvalue weighted by Gasteiger charge is -2.25. The van der Waals surface area contributed by atoms with Crippen LogP contribution in [-0.2, 0) is 12.8 Å². The third-order valence-corrected chi connectivity index (χ3v) is 4.71. The minimum Gasteiger partial charge on any atom is -0.493 e. The standard InChI is InChI=1S/C16H21ClO/c17-15-3-1-2-12(11-15)4-5-13-6-7-16-14(10-13)8-9-18-16/h6-7,10,12,15H,1-5,8-9,11H2. The van der Waals surface area contributed by atoms with E-state index in [4.69, 9.17) is 16.3 Å². The van der Waals surface area contributed by atoms with Crippen molar-refractivity contribution in [2.75, 3.05) is 6.61 Å². The Labute approximate surface area is 114 Å². The van der Waals surface area contributed by atoms with E-state index in [0.29, 0.717) is 5.38 Å². The normalized spacial score (nSPS) is 26.7. The van der Waals surface area contributed by atoms with E-state index in [9.17, 15) is 0 Å². The van der Waals surface area contributed by atoms with Crippen molar-refractivity contribution in [1.82, 2.24) is 0 Å². The van der Waals surface area contributed by atoms with E-state index in [-0.39, 0.29) is 0 Å². The van der Waals surface area contributed by atoms with Crippen LogP contribution in [0, 0.1) is 5.92 Å². The first-order valence-corrected chi connectivity index (χ1v) is 7.63. The molecule has 0 saturated heterocycles. The van der Waals surface area contributed by atoms with Gasteiger partial charge in [-0.2, -0.15) is 0 Å². The van der Waals surface area contributed by atoms with E-state index in [1.54, 1.807) is 0 Å². The van der Waals surface area contributed by atoms with Crippen molar-refractivity contribution in [3.05, 3.63) is 29.3 Å². The average Bonchev–Trinajstić information content (AvgIpc) is 2.84. The number of fused-ring (bicyclic) bond motifs is 1. The number of alkyl halides is 1. The van der Waals surface area contributed by atoms with Crippen molar-refractivity contribution in [2.45, 2.75) is 50.3 Å². The lowest BCUT2D eigenvalue weighted by molar-refractivity contribution is 0.343. The number of hydrogen-bond donors (Lipinski definition) is 0. The van der Waals surface area contributed by atoms with Crippen molar-refractivity contribution < 1.29 is 4.74 Å². The molecule has 2 heteroatoms. The summed E-state index contributed by atoms with van der Waals surface area (Å²) in [5, 5.41) is 0.428. The highest BCUT2D eigenvalue weighted by molar-refractivity contribution is 6.20. The lowest BCUT2D eigenvalue weighted by Crippen LogP contribution is -2.16. The van der Waals surface area contributed by atoms with Crippen LogP contribution in [0.5, 0.6) is 5.75 Å². The first-order chi connectivity index (χ1) is 8.81. The maximum atomic E-state index is 6.25. The van der Waals surface area contributed by atoms with Gasteiger partial charge in [0.2, 0.25) is 0 Å². The van der Waals surface area contributed by atoms with Gasteiger partial charge in [-0.1, -0.05) is 25.0 Å². The van der Waals surface area contributed by atoms with Crippen LogP contribution in [0.1, 0.15) is 43.2 Å². The fourth-order valence-corrected chi connectivity index (χ4v) is 3.66. The molecule has 1 fully saturated rings. The smallest absolute Gasteiger partial charge is 0.122 e. The molecule has 18 heavy (non-hydrogen) atoms. The van der Waals surface area contributed by atoms with Gasteiger partial charge in [0.25, 0.3) is 0 Å². The van der Waals surface area contributed by atoms with Crippen LogP contribution >= 0.6 is 11.6 Å². The lowest BCUT2D eigenvalue weighted by atomic mass is 9.85. The molecule has 0 amide bonds. The first kappa shape index (κ1) is 12.3.